The second-order valence-electron chi connectivity index (χ2n) is 6.12. The van der Waals surface area contributed by atoms with Gasteiger partial charge in [-0.2, -0.15) is 4.98 Å². The van der Waals surface area contributed by atoms with Gasteiger partial charge in [0, 0.05) is 39.0 Å². The van der Waals surface area contributed by atoms with Crippen molar-refractivity contribution in [1.29, 1.82) is 0 Å². The zero-order valence-corrected chi connectivity index (χ0v) is 16.7. The number of aromatic nitrogens is 3. The number of pyridine rings is 1. The van der Waals surface area contributed by atoms with E-state index in [-0.39, 0.29) is 12.5 Å². The van der Waals surface area contributed by atoms with Crippen molar-refractivity contribution in [3.8, 4) is 5.88 Å². The number of aryl methyl sites for hydroxylation is 1. The van der Waals surface area contributed by atoms with E-state index in [1.807, 2.05) is 25.1 Å². The average molecular weight is 386 g/mol. The second-order valence-corrected chi connectivity index (χ2v) is 7.12. The quantitative estimate of drug-likeness (QED) is 0.621. The summed E-state index contributed by atoms with van der Waals surface area (Å²) in [5.74, 6) is 0.961. The molecule has 8 heteroatoms. The Kier molecular flexibility index (Phi) is 5.98. The summed E-state index contributed by atoms with van der Waals surface area (Å²) in [5, 5.41) is 0.781. The minimum atomic E-state index is -0.0400. The van der Waals surface area contributed by atoms with E-state index in [2.05, 4.69) is 15.0 Å². The highest BCUT2D eigenvalue weighted by Crippen LogP contribution is 2.35. The van der Waals surface area contributed by atoms with Crippen LogP contribution in [0.25, 0.3) is 10.2 Å². The molecule has 0 N–H and O–H groups in total. The lowest BCUT2D eigenvalue weighted by Crippen LogP contribution is -2.28. The van der Waals surface area contributed by atoms with Crippen molar-refractivity contribution in [3.63, 3.8) is 0 Å². The summed E-state index contributed by atoms with van der Waals surface area (Å²) in [6, 6.07) is 5.79. The Morgan fingerprint density at radius 3 is 2.74 bits per heavy atom. The van der Waals surface area contributed by atoms with E-state index in [9.17, 15) is 4.79 Å². The molecule has 0 spiro atoms. The van der Waals surface area contributed by atoms with Crippen LogP contribution >= 0.6 is 11.3 Å². The molecular formula is C19H22N4O3S. The van der Waals surface area contributed by atoms with Gasteiger partial charge in [0.25, 0.3) is 5.91 Å². The molecule has 1 amide bonds. The van der Waals surface area contributed by atoms with Crippen molar-refractivity contribution < 1.29 is 14.3 Å². The van der Waals surface area contributed by atoms with E-state index in [1.54, 1.807) is 32.4 Å². The van der Waals surface area contributed by atoms with Gasteiger partial charge in [0.15, 0.2) is 5.82 Å². The Morgan fingerprint density at radius 1 is 1.26 bits per heavy atom. The smallest absolute Gasteiger partial charge is 0.264 e. The van der Waals surface area contributed by atoms with Crippen LogP contribution in [0.4, 0.5) is 0 Å². The minimum Gasteiger partial charge on any atom is -0.480 e. The fourth-order valence-electron chi connectivity index (χ4n) is 2.79. The summed E-state index contributed by atoms with van der Waals surface area (Å²) in [7, 11) is 4.95. The van der Waals surface area contributed by atoms with Crippen LogP contribution in [0, 0.1) is 6.92 Å². The Hall–Kier alpha value is -2.58. The topological polar surface area (TPSA) is 77.4 Å². The van der Waals surface area contributed by atoms with Crippen LogP contribution in [0.3, 0.4) is 0 Å². The molecule has 0 atom stereocenters. The first-order valence-electron chi connectivity index (χ1n) is 8.53. The first-order chi connectivity index (χ1) is 13.0. The summed E-state index contributed by atoms with van der Waals surface area (Å²) >= 11 is 1.36. The summed E-state index contributed by atoms with van der Waals surface area (Å²) in [6.45, 7) is 2.78. The van der Waals surface area contributed by atoms with Gasteiger partial charge < -0.3 is 14.4 Å². The molecule has 3 aromatic rings. The van der Waals surface area contributed by atoms with E-state index in [1.165, 1.54) is 11.3 Å². The molecule has 0 saturated carbocycles. The molecule has 0 aliphatic carbocycles. The monoisotopic (exact) mass is 386 g/mol. The molecule has 27 heavy (non-hydrogen) atoms. The van der Waals surface area contributed by atoms with Crippen LogP contribution in [0.1, 0.15) is 26.8 Å². The summed E-state index contributed by atoms with van der Waals surface area (Å²) in [4.78, 5) is 29.3. The zero-order chi connectivity index (χ0) is 19.4. The number of amides is 1. The SMILES string of the molecule is COCc1nc(OC)c2c(C)c(C(=O)N(C)CCc3ccccn3)sc2n1. The number of likely N-dealkylation sites (N-methyl/N-ethyl adjacent to an activating group) is 1. The van der Waals surface area contributed by atoms with Gasteiger partial charge in [-0.05, 0) is 24.6 Å². The lowest BCUT2D eigenvalue weighted by molar-refractivity contribution is 0.0800. The second kappa shape index (κ2) is 8.41. The lowest BCUT2D eigenvalue weighted by Gasteiger charge is -2.16. The van der Waals surface area contributed by atoms with E-state index in [0.29, 0.717) is 29.5 Å². The maximum Gasteiger partial charge on any atom is 0.264 e. The fourth-order valence-corrected chi connectivity index (χ4v) is 3.98. The summed E-state index contributed by atoms with van der Waals surface area (Å²) in [6.07, 6.45) is 2.46. The molecule has 0 unspecified atom stereocenters. The number of ether oxygens (including phenoxy) is 2. The number of fused-ring (bicyclic) bond motifs is 1. The standard InChI is InChI=1S/C19H22N4O3S/c1-12-15-17(26-4)21-14(11-25-3)22-18(15)27-16(12)19(24)23(2)10-8-13-7-5-6-9-20-13/h5-7,9H,8,10-11H2,1-4H3. The number of thiophene rings is 1. The van der Waals surface area contributed by atoms with E-state index in [0.717, 1.165) is 21.5 Å². The highest BCUT2D eigenvalue weighted by atomic mass is 32.1. The number of hydrogen-bond donors (Lipinski definition) is 0. The molecule has 3 rings (SSSR count). The number of methoxy groups -OCH3 is 2. The highest BCUT2D eigenvalue weighted by molar-refractivity contribution is 7.20. The van der Waals surface area contributed by atoms with Crippen molar-refractivity contribution in [1.82, 2.24) is 19.9 Å². The average Bonchev–Trinajstić information content (AvgIpc) is 3.02. The van der Waals surface area contributed by atoms with Gasteiger partial charge in [-0.25, -0.2) is 4.98 Å². The fraction of sp³-hybridized carbons (Fsp3) is 0.368. The van der Waals surface area contributed by atoms with Crippen molar-refractivity contribution in [2.24, 2.45) is 0 Å². The highest BCUT2D eigenvalue weighted by Gasteiger charge is 2.23. The van der Waals surface area contributed by atoms with Crippen LogP contribution < -0.4 is 4.74 Å². The van der Waals surface area contributed by atoms with Gasteiger partial charge in [-0.3, -0.25) is 9.78 Å². The summed E-state index contributed by atoms with van der Waals surface area (Å²) < 4.78 is 10.5. The molecular weight excluding hydrogens is 364 g/mol. The van der Waals surface area contributed by atoms with Gasteiger partial charge >= 0.3 is 0 Å². The van der Waals surface area contributed by atoms with Crippen LogP contribution in [-0.4, -0.2) is 53.6 Å². The largest absolute Gasteiger partial charge is 0.480 e. The number of carbonyl (C=O) groups excluding carboxylic acids is 1. The van der Waals surface area contributed by atoms with Crippen LogP contribution in [-0.2, 0) is 17.8 Å². The molecule has 0 radical (unpaired) electrons. The minimum absolute atomic E-state index is 0.0400. The molecule has 0 aromatic carbocycles. The van der Waals surface area contributed by atoms with E-state index < -0.39 is 0 Å². The predicted octanol–water partition coefficient (Wildman–Crippen LogP) is 2.86. The van der Waals surface area contributed by atoms with Gasteiger partial charge in [0.1, 0.15) is 11.4 Å². The first kappa shape index (κ1) is 19.2. The van der Waals surface area contributed by atoms with Crippen LogP contribution in [0.15, 0.2) is 24.4 Å². The van der Waals surface area contributed by atoms with Crippen molar-refractivity contribution in [3.05, 3.63) is 46.4 Å². The molecule has 0 aliphatic rings. The number of nitrogens with zero attached hydrogens (tertiary/aromatic N) is 4. The lowest BCUT2D eigenvalue weighted by atomic mass is 10.2. The molecule has 142 valence electrons. The third-order valence-electron chi connectivity index (χ3n) is 4.24. The molecule has 0 saturated heterocycles. The third kappa shape index (κ3) is 4.06. The Balaban J connectivity index is 1.86. The first-order valence-corrected chi connectivity index (χ1v) is 9.35. The molecule has 3 aromatic heterocycles. The van der Waals surface area contributed by atoms with Gasteiger partial charge in [-0.15, -0.1) is 11.3 Å². The van der Waals surface area contributed by atoms with Crippen molar-refractivity contribution >= 4 is 27.5 Å². The molecule has 0 fully saturated rings. The van der Waals surface area contributed by atoms with Crippen molar-refractivity contribution in [2.45, 2.75) is 20.0 Å². The molecule has 0 aliphatic heterocycles. The summed E-state index contributed by atoms with van der Waals surface area (Å²) in [5.41, 5.74) is 1.80. The zero-order valence-electron chi connectivity index (χ0n) is 15.9. The number of rotatable bonds is 7. The number of carbonyl (C=O) groups is 1. The van der Waals surface area contributed by atoms with Gasteiger partial charge in [-0.1, -0.05) is 6.07 Å². The maximum atomic E-state index is 13.0. The third-order valence-corrected chi connectivity index (χ3v) is 5.41. The molecule has 0 bridgehead atoms. The maximum absolute atomic E-state index is 13.0. The normalized spacial score (nSPS) is 11.0. The Morgan fingerprint density at radius 2 is 2.07 bits per heavy atom. The van der Waals surface area contributed by atoms with Crippen molar-refractivity contribution in [2.75, 3.05) is 27.8 Å². The number of hydrogen-bond acceptors (Lipinski definition) is 7. The molecule has 3 heterocycles. The predicted molar refractivity (Wildman–Crippen MR) is 104 cm³/mol. The van der Waals surface area contributed by atoms with Crippen LogP contribution in [0.2, 0.25) is 0 Å². The van der Waals surface area contributed by atoms with Crippen LogP contribution in [0.5, 0.6) is 5.88 Å². The van der Waals surface area contributed by atoms with Gasteiger partial charge in [0.05, 0.1) is 17.4 Å². The van der Waals surface area contributed by atoms with E-state index in [4.69, 9.17) is 9.47 Å². The van der Waals surface area contributed by atoms with Gasteiger partial charge in [0.2, 0.25) is 5.88 Å². The van der Waals surface area contributed by atoms with E-state index >= 15 is 0 Å². The Labute approximate surface area is 162 Å². The Bertz CT molecular complexity index is 943. The molecule has 7 nitrogen and oxygen atoms in total.